The molecule has 1 spiro atoms. The molecule has 9 heteroatoms. The van der Waals surface area contributed by atoms with Gasteiger partial charge in [0.15, 0.2) is 0 Å². The number of carboxylic acid groups (broad SMARTS) is 1. The smallest absolute Gasteiger partial charge is 0.303 e. The molecule has 0 saturated carbocycles. The zero-order chi connectivity index (χ0) is 21.3. The molecule has 1 aromatic carbocycles. The van der Waals surface area contributed by atoms with Gasteiger partial charge in [0.05, 0.1) is 38.3 Å². The normalized spacial score (nSPS) is 22.9. The summed E-state index contributed by atoms with van der Waals surface area (Å²) in [6.07, 6.45) is -0.156. The number of likely N-dealkylation sites (tertiary alicyclic amines) is 1. The number of carbonyl (C=O) groups is 3. The van der Waals surface area contributed by atoms with E-state index in [-0.39, 0.29) is 36.2 Å². The van der Waals surface area contributed by atoms with Crippen molar-refractivity contribution in [2.24, 2.45) is 0 Å². The van der Waals surface area contributed by atoms with Crippen molar-refractivity contribution in [2.75, 3.05) is 53.0 Å². The number of hydrogen-bond donors (Lipinski definition) is 1. The van der Waals surface area contributed by atoms with E-state index in [1.165, 1.54) is 0 Å². The number of aliphatic carboxylic acids is 1. The number of carbonyl (C=O) groups excluding carboxylic acids is 2. The van der Waals surface area contributed by atoms with Crippen LogP contribution < -0.4 is 4.74 Å². The minimum atomic E-state index is -0.972. The standard InChI is InChI=1S/C21H27N3O6/c1-29-17-4-2-15(3-5-17)20(28)22-10-16-11-30-9-8-24(16)21(12-22)13-23(14-21)18(25)6-7-19(26)27/h2-5,16H,6-14H2,1H3,(H,26,27). The largest absolute Gasteiger partial charge is 0.497 e. The van der Waals surface area contributed by atoms with Crippen molar-refractivity contribution in [2.45, 2.75) is 24.4 Å². The first-order valence-corrected chi connectivity index (χ1v) is 10.2. The highest BCUT2D eigenvalue weighted by molar-refractivity contribution is 5.94. The molecule has 1 N–H and O–H groups in total. The number of carboxylic acids is 1. The highest BCUT2D eigenvalue weighted by Crippen LogP contribution is 2.36. The fraction of sp³-hybridized carbons (Fsp3) is 0.571. The first kappa shape index (κ1) is 20.6. The molecule has 4 rings (SSSR count). The van der Waals surface area contributed by atoms with Gasteiger partial charge < -0.3 is 24.4 Å². The lowest BCUT2D eigenvalue weighted by atomic mass is 9.82. The van der Waals surface area contributed by atoms with Gasteiger partial charge in [-0.15, -0.1) is 0 Å². The third-order valence-corrected chi connectivity index (χ3v) is 6.25. The molecule has 3 fully saturated rings. The van der Waals surface area contributed by atoms with Gasteiger partial charge in [0, 0.05) is 44.7 Å². The Bertz CT molecular complexity index is 821. The van der Waals surface area contributed by atoms with E-state index in [9.17, 15) is 14.4 Å². The third-order valence-electron chi connectivity index (χ3n) is 6.25. The molecule has 2 amide bonds. The van der Waals surface area contributed by atoms with Crippen LogP contribution in [0, 0.1) is 0 Å². The maximum absolute atomic E-state index is 13.2. The predicted octanol–water partition coefficient (Wildman–Crippen LogP) is 0.298. The Kier molecular flexibility index (Phi) is 5.66. The number of rotatable bonds is 5. The van der Waals surface area contributed by atoms with E-state index in [0.29, 0.717) is 50.7 Å². The molecule has 3 saturated heterocycles. The average Bonchev–Trinajstić information content (AvgIpc) is 2.74. The van der Waals surface area contributed by atoms with E-state index in [1.54, 1.807) is 36.3 Å². The van der Waals surface area contributed by atoms with Gasteiger partial charge >= 0.3 is 5.97 Å². The van der Waals surface area contributed by atoms with Crippen LogP contribution >= 0.6 is 0 Å². The van der Waals surface area contributed by atoms with E-state index in [1.807, 2.05) is 4.90 Å². The Morgan fingerprint density at radius 3 is 2.50 bits per heavy atom. The number of ether oxygens (including phenoxy) is 2. The van der Waals surface area contributed by atoms with Crippen LogP contribution in [0.25, 0.3) is 0 Å². The Balaban J connectivity index is 1.48. The summed E-state index contributed by atoms with van der Waals surface area (Å²) in [5, 5.41) is 8.82. The van der Waals surface area contributed by atoms with Crippen LogP contribution in [-0.2, 0) is 14.3 Å². The second-order valence-electron chi connectivity index (χ2n) is 8.20. The van der Waals surface area contributed by atoms with Gasteiger partial charge in [0.1, 0.15) is 5.75 Å². The van der Waals surface area contributed by atoms with Gasteiger partial charge in [-0.05, 0) is 24.3 Å². The number of methoxy groups -OCH3 is 1. The van der Waals surface area contributed by atoms with Gasteiger partial charge in [0.2, 0.25) is 5.91 Å². The number of morpholine rings is 1. The molecule has 1 atom stereocenters. The van der Waals surface area contributed by atoms with Crippen molar-refractivity contribution in [3.63, 3.8) is 0 Å². The number of fused-ring (bicyclic) bond motifs is 2. The van der Waals surface area contributed by atoms with E-state index < -0.39 is 5.97 Å². The zero-order valence-electron chi connectivity index (χ0n) is 17.1. The molecule has 9 nitrogen and oxygen atoms in total. The topological polar surface area (TPSA) is 99.6 Å². The van der Waals surface area contributed by atoms with Crippen molar-refractivity contribution in [3.8, 4) is 5.75 Å². The minimum Gasteiger partial charge on any atom is -0.497 e. The lowest BCUT2D eigenvalue weighted by Gasteiger charge is -2.63. The molecule has 1 unspecified atom stereocenters. The molecular weight excluding hydrogens is 390 g/mol. The Labute approximate surface area is 175 Å². The monoisotopic (exact) mass is 417 g/mol. The number of nitrogens with zero attached hydrogens (tertiary/aromatic N) is 3. The summed E-state index contributed by atoms with van der Waals surface area (Å²) in [5.41, 5.74) is 0.304. The minimum absolute atomic E-state index is 0.00639. The second-order valence-corrected chi connectivity index (χ2v) is 8.20. The van der Waals surface area contributed by atoms with Crippen molar-refractivity contribution >= 4 is 17.8 Å². The maximum Gasteiger partial charge on any atom is 0.303 e. The molecule has 30 heavy (non-hydrogen) atoms. The van der Waals surface area contributed by atoms with Crippen LogP contribution in [0.15, 0.2) is 24.3 Å². The summed E-state index contributed by atoms with van der Waals surface area (Å²) in [5.74, 6) is -0.465. The molecule has 162 valence electrons. The maximum atomic E-state index is 13.2. The van der Waals surface area contributed by atoms with Gasteiger partial charge in [-0.3, -0.25) is 19.3 Å². The predicted molar refractivity (Wildman–Crippen MR) is 106 cm³/mol. The summed E-state index contributed by atoms with van der Waals surface area (Å²) < 4.78 is 10.8. The summed E-state index contributed by atoms with van der Waals surface area (Å²) in [6, 6.07) is 7.16. The highest BCUT2D eigenvalue weighted by Gasteiger charge is 2.56. The molecule has 3 aliphatic heterocycles. The van der Waals surface area contributed by atoms with Crippen LogP contribution in [0.2, 0.25) is 0 Å². The Morgan fingerprint density at radius 1 is 1.13 bits per heavy atom. The van der Waals surface area contributed by atoms with Crippen LogP contribution in [0.1, 0.15) is 23.2 Å². The number of piperazine rings is 1. The summed E-state index contributed by atoms with van der Waals surface area (Å²) in [7, 11) is 1.59. The van der Waals surface area contributed by atoms with Crippen molar-refractivity contribution in [1.29, 1.82) is 0 Å². The van der Waals surface area contributed by atoms with Crippen LogP contribution in [0.3, 0.4) is 0 Å². The fourth-order valence-corrected chi connectivity index (χ4v) is 4.76. The SMILES string of the molecule is COc1ccc(C(=O)N2CC3COCCN3C3(CN(C(=O)CCC(=O)O)C3)C2)cc1. The highest BCUT2D eigenvalue weighted by atomic mass is 16.5. The number of hydrogen-bond acceptors (Lipinski definition) is 6. The molecule has 0 aliphatic carbocycles. The van der Waals surface area contributed by atoms with Crippen molar-refractivity contribution < 1.29 is 29.0 Å². The van der Waals surface area contributed by atoms with E-state index in [4.69, 9.17) is 14.6 Å². The summed E-state index contributed by atoms with van der Waals surface area (Å²) >= 11 is 0. The molecule has 0 aromatic heterocycles. The first-order chi connectivity index (χ1) is 14.4. The first-order valence-electron chi connectivity index (χ1n) is 10.2. The average molecular weight is 417 g/mol. The quantitative estimate of drug-likeness (QED) is 0.735. The van der Waals surface area contributed by atoms with E-state index in [2.05, 4.69) is 4.90 Å². The van der Waals surface area contributed by atoms with Crippen LogP contribution in [0.5, 0.6) is 5.75 Å². The molecule has 1 aromatic rings. The number of amides is 2. The second kappa shape index (κ2) is 8.23. The lowest BCUT2D eigenvalue weighted by molar-refractivity contribution is -0.173. The molecule has 3 heterocycles. The summed E-state index contributed by atoms with van der Waals surface area (Å²) in [4.78, 5) is 42.2. The fourth-order valence-electron chi connectivity index (χ4n) is 4.76. The van der Waals surface area contributed by atoms with Gasteiger partial charge in [-0.25, -0.2) is 0 Å². The van der Waals surface area contributed by atoms with Crippen LogP contribution in [-0.4, -0.2) is 102 Å². The van der Waals surface area contributed by atoms with Gasteiger partial charge in [0.25, 0.3) is 5.91 Å². The third kappa shape index (κ3) is 3.87. The zero-order valence-corrected chi connectivity index (χ0v) is 17.1. The van der Waals surface area contributed by atoms with Gasteiger partial charge in [-0.2, -0.15) is 0 Å². The Hall–Kier alpha value is -2.65. The molecule has 3 aliphatic rings. The molecule has 0 radical (unpaired) electrons. The van der Waals surface area contributed by atoms with Gasteiger partial charge in [-0.1, -0.05) is 0 Å². The molecule has 0 bridgehead atoms. The lowest BCUT2D eigenvalue weighted by Crippen LogP contribution is -2.81. The van der Waals surface area contributed by atoms with E-state index in [0.717, 1.165) is 6.54 Å². The van der Waals surface area contributed by atoms with Crippen LogP contribution in [0.4, 0.5) is 0 Å². The van der Waals surface area contributed by atoms with Crippen molar-refractivity contribution in [3.05, 3.63) is 29.8 Å². The Morgan fingerprint density at radius 2 is 1.83 bits per heavy atom. The van der Waals surface area contributed by atoms with Crippen molar-refractivity contribution in [1.82, 2.24) is 14.7 Å². The summed E-state index contributed by atoms with van der Waals surface area (Å²) in [6.45, 7) is 4.10. The van der Waals surface area contributed by atoms with E-state index >= 15 is 0 Å². The molecular formula is C21H27N3O6. The number of benzene rings is 1.